The maximum absolute atomic E-state index is 12.3. The largest absolute Gasteiger partial charge is 0.379 e. The molecule has 146 valence electrons. The van der Waals surface area contributed by atoms with Crippen molar-refractivity contribution in [2.75, 3.05) is 38.2 Å². The molecular formula is C19H19ClN4O3S. The molecule has 1 aliphatic heterocycles. The van der Waals surface area contributed by atoms with Crippen LogP contribution in [0.25, 0.3) is 0 Å². The smallest absolute Gasteiger partial charge is 0.313 e. The van der Waals surface area contributed by atoms with Gasteiger partial charge in [-0.25, -0.2) is 0 Å². The number of nitriles is 1. The van der Waals surface area contributed by atoms with Crippen molar-refractivity contribution in [2.24, 2.45) is 0 Å². The second-order valence-corrected chi connectivity index (χ2v) is 7.56. The summed E-state index contributed by atoms with van der Waals surface area (Å²) in [6.07, 6.45) is 0. The van der Waals surface area contributed by atoms with E-state index in [1.807, 2.05) is 23.6 Å². The van der Waals surface area contributed by atoms with Gasteiger partial charge >= 0.3 is 11.8 Å². The van der Waals surface area contributed by atoms with Crippen molar-refractivity contribution >= 4 is 40.4 Å². The fourth-order valence-electron chi connectivity index (χ4n) is 2.95. The molecule has 9 heteroatoms. The average Bonchev–Trinajstić information content (AvgIpc) is 3.23. The Kier molecular flexibility index (Phi) is 7.01. The minimum atomic E-state index is -0.842. The predicted octanol–water partition coefficient (Wildman–Crippen LogP) is 2.40. The van der Waals surface area contributed by atoms with Gasteiger partial charge in [-0.3, -0.25) is 14.5 Å². The summed E-state index contributed by atoms with van der Waals surface area (Å²) in [6, 6.07) is 10.4. The highest BCUT2D eigenvalue weighted by molar-refractivity contribution is 7.10. The van der Waals surface area contributed by atoms with Crippen LogP contribution in [0.4, 0.5) is 5.69 Å². The molecule has 1 aliphatic rings. The Morgan fingerprint density at radius 2 is 2.07 bits per heavy atom. The van der Waals surface area contributed by atoms with Crippen LogP contribution in [0.15, 0.2) is 35.7 Å². The Balaban J connectivity index is 1.63. The number of ether oxygens (including phenoxy) is 1. The number of nitrogens with zero attached hydrogens (tertiary/aromatic N) is 2. The van der Waals surface area contributed by atoms with Crippen LogP contribution in [0.1, 0.15) is 16.5 Å². The van der Waals surface area contributed by atoms with E-state index < -0.39 is 11.8 Å². The Morgan fingerprint density at radius 3 is 2.75 bits per heavy atom. The highest BCUT2D eigenvalue weighted by atomic mass is 35.5. The third kappa shape index (κ3) is 5.09. The molecule has 0 bridgehead atoms. The molecular weight excluding hydrogens is 400 g/mol. The van der Waals surface area contributed by atoms with E-state index in [1.165, 1.54) is 12.1 Å². The van der Waals surface area contributed by atoms with Gasteiger partial charge in [-0.05, 0) is 29.6 Å². The first-order valence-corrected chi connectivity index (χ1v) is 9.98. The number of halogens is 1. The summed E-state index contributed by atoms with van der Waals surface area (Å²) in [7, 11) is 0. The first-order valence-electron chi connectivity index (χ1n) is 8.72. The number of hydrogen-bond donors (Lipinski definition) is 2. The Labute approximate surface area is 171 Å². The van der Waals surface area contributed by atoms with E-state index in [0.717, 1.165) is 18.0 Å². The van der Waals surface area contributed by atoms with Crippen LogP contribution in [0.5, 0.6) is 0 Å². The normalized spacial score (nSPS) is 15.4. The standard InChI is InChI=1S/C19H19ClN4O3S/c20-14-4-3-13(11-21)15(10-14)23-19(26)18(25)22-12-16(17-2-1-9-28-17)24-5-7-27-8-6-24/h1-4,9-10,16H,5-8,12H2,(H,22,25)(H,23,26)/t16-/m1/s1. The third-order valence-electron chi connectivity index (χ3n) is 4.37. The van der Waals surface area contributed by atoms with Gasteiger partial charge < -0.3 is 15.4 Å². The molecule has 2 heterocycles. The van der Waals surface area contributed by atoms with Gasteiger partial charge in [-0.1, -0.05) is 17.7 Å². The molecule has 0 radical (unpaired) electrons. The highest BCUT2D eigenvalue weighted by Crippen LogP contribution is 2.25. The minimum absolute atomic E-state index is 0.0264. The minimum Gasteiger partial charge on any atom is -0.379 e. The van der Waals surface area contributed by atoms with E-state index in [2.05, 4.69) is 15.5 Å². The van der Waals surface area contributed by atoms with Gasteiger partial charge in [0.05, 0.1) is 30.5 Å². The number of morpholine rings is 1. The second-order valence-electron chi connectivity index (χ2n) is 6.15. The van der Waals surface area contributed by atoms with Gasteiger partial charge in [0, 0.05) is 29.5 Å². The lowest BCUT2D eigenvalue weighted by molar-refractivity contribution is -0.136. The molecule has 0 spiro atoms. The van der Waals surface area contributed by atoms with Crippen LogP contribution in [0, 0.1) is 11.3 Å². The molecule has 2 amide bonds. The van der Waals surface area contributed by atoms with Gasteiger partial charge in [-0.2, -0.15) is 5.26 Å². The van der Waals surface area contributed by atoms with Crippen LogP contribution >= 0.6 is 22.9 Å². The second kappa shape index (κ2) is 9.66. The molecule has 1 aromatic heterocycles. The Morgan fingerprint density at radius 1 is 1.29 bits per heavy atom. The third-order valence-corrected chi connectivity index (χ3v) is 5.58. The monoisotopic (exact) mass is 418 g/mol. The number of thiophene rings is 1. The number of hydrogen-bond acceptors (Lipinski definition) is 6. The molecule has 0 unspecified atom stereocenters. The zero-order valence-corrected chi connectivity index (χ0v) is 16.6. The van der Waals surface area contributed by atoms with E-state index in [0.29, 0.717) is 24.8 Å². The van der Waals surface area contributed by atoms with Crippen LogP contribution in [-0.2, 0) is 14.3 Å². The maximum atomic E-state index is 12.3. The fourth-order valence-corrected chi connectivity index (χ4v) is 3.98. The van der Waals surface area contributed by atoms with Crippen molar-refractivity contribution in [1.29, 1.82) is 5.26 Å². The maximum Gasteiger partial charge on any atom is 0.313 e. The Bertz CT molecular complexity index is 876. The van der Waals surface area contributed by atoms with Gasteiger partial charge in [-0.15, -0.1) is 11.3 Å². The van der Waals surface area contributed by atoms with E-state index in [4.69, 9.17) is 21.6 Å². The van der Waals surface area contributed by atoms with Gasteiger partial charge in [0.15, 0.2) is 0 Å². The molecule has 1 aromatic carbocycles. The number of carbonyl (C=O) groups excluding carboxylic acids is 2. The van der Waals surface area contributed by atoms with Crippen molar-refractivity contribution in [1.82, 2.24) is 10.2 Å². The summed E-state index contributed by atoms with van der Waals surface area (Å²) in [5.41, 5.74) is 0.438. The molecule has 1 saturated heterocycles. The molecule has 2 N–H and O–H groups in total. The highest BCUT2D eigenvalue weighted by Gasteiger charge is 2.25. The summed E-state index contributed by atoms with van der Waals surface area (Å²) < 4.78 is 5.40. The van der Waals surface area contributed by atoms with E-state index in [1.54, 1.807) is 17.4 Å². The van der Waals surface area contributed by atoms with Crippen LogP contribution in [0.3, 0.4) is 0 Å². The van der Waals surface area contributed by atoms with Crippen molar-refractivity contribution in [2.45, 2.75) is 6.04 Å². The average molecular weight is 419 g/mol. The summed E-state index contributed by atoms with van der Waals surface area (Å²) in [5, 5.41) is 16.6. The first-order chi connectivity index (χ1) is 13.6. The molecule has 1 fully saturated rings. The fraction of sp³-hybridized carbons (Fsp3) is 0.316. The Hall–Kier alpha value is -2.44. The van der Waals surface area contributed by atoms with Crippen molar-refractivity contribution < 1.29 is 14.3 Å². The predicted molar refractivity (Wildman–Crippen MR) is 107 cm³/mol. The number of rotatable bonds is 5. The molecule has 2 aromatic rings. The lowest BCUT2D eigenvalue weighted by Gasteiger charge is -2.34. The van der Waals surface area contributed by atoms with E-state index >= 15 is 0 Å². The SMILES string of the molecule is N#Cc1ccc(Cl)cc1NC(=O)C(=O)NC[C@H](c1cccs1)N1CCOCC1. The van der Waals surface area contributed by atoms with Gasteiger partial charge in [0.25, 0.3) is 0 Å². The van der Waals surface area contributed by atoms with Crippen LogP contribution in [0.2, 0.25) is 5.02 Å². The van der Waals surface area contributed by atoms with E-state index in [-0.39, 0.29) is 17.3 Å². The van der Waals surface area contributed by atoms with Crippen LogP contribution in [-0.4, -0.2) is 49.6 Å². The zero-order chi connectivity index (χ0) is 19.9. The van der Waals surface area contributed by atoms with Crippen molar-refractivity contribution in [3.63, 3.8) is 0 Å². The summed E-state index contributed by atoms with van der Waals surface area (Å²) in [5.74, 6) is -1.61. The number of nitrogens with one attached hydrogen (secondary N) is 2. The van der Waals surface area contributed by atoms with Crippen molar-refractivity contribution in [3.05, 3.63) is 51.2 Å². The number of anilines is 1. The topological polar surface area (TPSA) is 94.5 Å². The van der Waals surface area contributed by atoms with Crippen LogP contribution < -0.4 is 10.6 Å². The molecule has 7 nitrogen and oxygen atoms in total. The number of carbonyl (C=O) groups is 2. The van der Waals surface area contributed by atoms with Gasteiger partial charge in [0.2, 0.25) is 0 Å². The summed E-state index contributed by atoms with van der Waals surface area (Å²) in [6.45, 7) is 3.11. The number of benzene rings is 1. The molecule has 1 atom stereocenters. The van der Waals surface area contributed by atoms with Gasteiger partial charge in [0.1, 0.15) is 6.07 Å². The summed E-state index contributed by atoms with van der Waals surface area (Å²) >= 11 is 7.52. The molecule has 3 rings (SSSR count). The lowest BCUT2D eigenvalue weighted by atomic mass is 10.2. The lowest BCUT2D eigenvalue weighted by Crippen LogP contribution is -2.45. The molecule has 0 saturated carbocycles. The van der Waals surface area contributed by atoms with E-state index in [9.17, 15) is 9.59 Å². The quantitative estimate of drug-likeness (QED) is 0.727. The first kappa shape index (κ1) is 20.3. The summed E-state index contributed by atoms with van der Waals surface area (Å²) in [4.78, 5) is 27.9. The molecule has 28 heavy (non-hydrogen) atoms. The molecule has 0 aliphatic carbocycles. The van der Waals surface area contributed by atoms with Crippen molar-refractivity contribution in [3.8, 4) is 6.07 Å². The zero-order valence-electron chi connectivity index (χ0n) is 15.0. The number of amides is 2.